The van der Waals surface area contributed by atoms with Crippen LogP contribution in [0.5, 0.6) is 0 Å². The van der Waals surface area contributed by atoms with Crippen molar-refractivity contribution in [2.75, 3.05) is 0 Å². The van der Waals surface area contributed by atoms with Gasteiger partial charge in [0.25, 0.3) is 0 Å². The molecule has 0 saturated heterocycles. The van der Waals surface area contributed by atoms with Gasteiger partial charge in [0.2, 0.25) is 34.2 Å². The maximum absolute atomic E-state index is 4.54. The fourth-order valence-electron chi connectivity index (χ4n) is 11.2. The van der Waals surface area contributed by atoms with Gasteiger partial charge in [-0.2, -0.15) is 0 Å². The third-order valence-corrected chi connectivity index (χ3v) is 15.9. The first kappa shape index (κ1) is 68.3. The van der Waals surface area contributed by atoms with Crippen molar-refractivity contribution in [3.63, 3.8) is 0 Å². The Balaban J connectivity index is 0.000000155. The topological polar surface area (TPSA) is 101 Å². The predicted octanol–water partition coefficient (Wildman–Crippen LogP) is 13.4. The van der Waals surface area contributed by atoms with Crippen LogP contribution in [0.25, 0.3) is 67.5 Å². The second kappa shape index (κ2) is 32.3. The Hall–Kier alpha value is -10.2. The number of aromatic nitrogens is 12. The third kappa shape index (κ3) is 18.2. The highest BCUT2D eigenvalue weighted by molar-refractivity contribution is 5.66. The Kier molecular flexibility index (Phi) is 24.3. The summed E-state index contributed by atoms with van der Waals surface area (Å²) in [6.45, 7) is 27.2. The van der Waals surface area contributed by atoms with Gasteiger partial charge in [-0.15, -0.1) is 0 Å². The molecule has 12 heteroatoms. The van der Waals surface area contributed by atoms with E-state index >= 15 is 0 Å². The fourth-order valence-corrected chi connectivity index (χ4v) is 11.2. The lowest BCUT2D eigenvalue weighted by Crippen LogP contribution is -2.31. The third-order valence-electron chi connectivity index (χ3n) is 15.9. The average Bonchev–Trinajstić information content (AvgIpc) is 1.21. The largest absolute Gasteiger partial charge is 0.264 e. The van der Waals surface area contributed by atoms with Crippen LogP contribution in [0.1, 0.15) is 73.0 Å². The van der Waals surface area contributed by atoms with Crippen LogP contribution in [0.2, 0.25) is 0 Å². The molecule has 0 unspecified atom stereocenters. The van der Waals surface area contributed by atoms with Crippen molar-refractivity contribution in [1.82, 2.24) is 29.9 Å². The summed E-state index contributed by atoms with van der Waals surface area (Å²) in [6.07, 6.45) is 25.6. The molecule has 12 aromatic rings. The van der Waals surface area contributed by atoms with Crippen molar-refractivity contribution in [3.8, 4) is 67.5 Å². The Bertz CT molecular complexity index is 4240. The summed E-state index contributed by atoms with van der Waals surface area (Å²) >= 11 is 0. The molecule has 0 aliphatic heterocycles. The van der Waals surface area contributed by atoms with E-state index in [0.29, 0.717) is 0 Å². The predicted molar refractivity (Wildman–Crippen MR) is 367 cm³/mol. The van der Waals surface area contributed by atoms with E-state index in [1.54, 1.807) is 0 Å². The molecular weight excluding hydrogens is 1120 g/mol. The number of nitrogens with zero attached hydrogens (tertiary/aromatic N) is 12. The van der Waals surface area contributed by atoms with Crippen molar-refractivity contribution < 1.29 is 27.4 Å². The summed E-state index contributed by atoms with van der Waals surface area (Å²) in [5.41, 5.74) is 30.1. The highest BCUT2D eigenvalue weighted by Crippen LogP contribution is 2.26. The normalized spacial score (nSPS) is 10.4. The molecule has 12 aromatic heterocycles. The van der Waals surface area contributed by atoms with Crippen LogP contribution < -0.4 is 27.4 Å². The zero-order valence-electron chi connectivity index (χ0n) is 57.1. The van der Waals surface area contributed by atoms with Gasteiger partial charge < -0.3 is 0 Å². The standard InChI is InChI=1S/2C14H17N2.3C13H15N2.C12H13N2/c1-10-5-6-13(16(4)9-10)14-11(2)7-8-15-12(14)3;1-10-9-11(2)15-12(3)14(10)13-7-5-6-8-16(13)4;1-10-4-5-13(15(3)9-10)12-8-14-7-6-11(12)2;1-10-7-8-14-11(2)13(10)12-6-4-5-9-15(12)3;1-10-8-11(2)14-9-12(10)13-6-4-5-7-15(13)3;1-10-6-7-13-9-11(10)12-5-3-4-8-14(12)2/h2*5-9H,1-4H3;3*4-9H,1-3H3;3-9H,1-2H3/q6*+1. The van der Waals surface area contributed by atoms with Crippen LogP contribution in [0, 0.1) is 90.0 Å². The molecule has 0 radical (unpaired) electrons. The molecule has 12 rings (SSSR count). The van der Waals surface area contributed by atoms with Crippen LogP contribution in [-0.4, -0.2) is 29.9 Å². The van der Waals surface area contributed by atoms with Crippen LogP contribution >= 0.6 is 0 Å². The first-order chi connectivity index (χ1) is 43.5. The summed E-state index contributed by atoms with van der Waals surface area (Å²) in [6, 6.07) is 45.8. The van der Waals surface area contributed by atoms with Crippen molar-refractivity contribution in [2.24, 2.45) is 42.3 Å². The van der Waals surface area contributed by atoms with E-state index in [1.807, 2.05) is 113 Å². The molecule has 0 atom stereocenters. The molecule has 0 aromatic carbocycles. The first-order valence-corrected chi connectivity index (χ1v) is 30.8. The summed E-state index contributed by atoms with van der Waals surface area (Å²) in [4.78, 5) is 25.9. The monoisotopic (exact) mass is 1210 g/mol. The van der Waals surface area contributed by atoms with Gasteiger partial charge in [0, 0.05) is 127 Å². The molecule has 462 valence electrons. The van der Waals surface area contributed by atoms with Gasteiger partial charge in [0.1, 0.15) is 42.3 Å². The van der Waals surface area contributed by atoms with Gasteiger partial charge in [-0.1, -0.05) is 0 Å². The summed E-state index contributed by atoms with van der Waals surface area (Å²) in [7, 11) is 12.4. The molecule has 12 nitrogen and oxygen atoms in total. The van der Waals surface area contributed by atoms with E-state index in [0.717, 1.165) is 28.5 Å². The first-order valence-electron chi connectivity index (χ1n) is 30.8. The number of pyridine rings is 12. The molecule has 12 heterocycles. The Labute approximate surface area is 541 Å². The van der Waals surface area contributed by atoms with Gasteiger partial charge >= 0.3 is 0 Å². The van der Waals surface area contributed by atoms with Crippen molar-refractivity contribution in [2.45, 2.75) is 90.0 Å². The van der Waals surface area contributed by atoms with E-state index in [4.69, 9.17) is 0 Å². The molecule has 0 saturated carbocycles. The molecular formula is C79H92N12+6. The van der Waals surface area contributed by atoms with Gasteiger partial charge in [-0.25, -0.2) is 27.4 Å². The Morgan fingerprint density at radius 3 is 1.00 bits per heavy atom. The van der Waals surface area contributed by atoms with E-state index in [-0.39, 0.29) is 0 Å². The lowest BCUT2D eigenvalue weighted by molar-refractivity contribution is -0.660. The van der Waals surface area contributed by atoms with Crippen molar-refractivity contribution >= 4 is 0 Å². The highest BCUT2D eigenvalue weighted by atomic mass is 14.9. The molecule has 0 aliphatic rings. The van der Waals surface area contributed by atoms with Crippen molar-refractivity contribution in [1.29, 1.82) is 0 Å². The van der Waals surface area contributed by atoms with Crippen LogP contribution in [-0.2, 0) is 42.3 Å². The average molecular weight is 1210 g/mol. The zero-order chi connectivity index (χ0) is 65.9. The molecule has 0 amide bonds. The van der Waals surface area contributed by atoms with Gasteiger partial charge in [0.05, 0.1) is 50.5 Å². The summed E-state index contributed by atoms with van der Waals surface area (Å²) < 4.78 is 12.8. The quantitative estimate of drug-likeness (QED) is 0.154. The van der Waals surface area contributed by atoms with Crippen LogP contribution in [0.15, 0.2) is 214 Å². The SMILES string of the molecule is Cc1cc(C)c(-c2cccc[n+]2C)c(C)n1.Cc1cc(C)c(-c2cccc[n+]2C)cn1.Cc1ccc(-c2c(C)ccnc2C)[n+](C)c1.Cc1ccc(-c2cnccc2C)[n+](C)c1.Cc1ccnc(C)c1-c1cccc[n+]1C.Cc1ccncc1-c1cccc[n+]1C. The minimum atomic E-state index is 1.06. The molecule has 0 bridgehead atoms. The highest BCUT2D eigenvalue weighted by Gasteiger charge is 2.19. The lowest BCUT2D eigenvalue weighted by atomic mass is 10.0. The minimum absolute atomic E-state index is 1.06. The molecule has 0 aliphatic carbocycles. The second-order valence-electron chi connectivity index (χ2n) is 23.4. The molecule has 0 spiro atoms. The van der Waals surface area contributed by atoms with Gasteiger partial charge in [-0.3, -0.25) is 29.9 Å². The Morgan fingerprint density at radius 1 is 0.275 bits per heavy atom. The number of hydrogen-bond donors (Lipinski definition) is 0. The van der Waals surface area contributed by atoms with Gasteiger partial charge in [0.15, 0.2) is 37.2 Å². The molecule has 91 heavy (non-hydrogen) atoms. The molecule has 0 N–H and O–H groups in total. The smallest absolute Gasteiger partial charge is 0.214 e. The Morgan fingerprint density at radius 2 is 0.626 bits per heavy atom. The number of rotatable bonds is 6. The fraction of sp³-hybridized carbons (Fsp3) is 0.241. The van der Waals surface area contributed by atoms with E-state index in [1.165, 1.54) is 112 Å². The second-order valence-corrected chi connectivity index (χ2v) is 23.4. The minimum Gasteiger partial charge on any atom is -0.264 e. The maximum atomic E-state index is 4.54. The van der Waals surface area contributed by atoms with E-state index < -0.39 is 0 Å². The van der Waals surface area contributed by atoms with Crippen molar-refractivity contribution in [3.05, 3.63) is 287 Å². The van der Waals surface area contributed by atoms with Crippen LogP contribution in [0.3, 0.4) is 0 Å². The summed E-state index contributed by atoms with van der Waals surface area (Å²) in [5.74, 6) is 0. The van der Waals surface area contributed by atoms with Gasteiger partial charge in [-0.05, 0) is 196 Å². The maximum Gasteiger partial charge on any atom is 0.214 e. The summed E-state index contributed by atoms with van der Waals surface area (Å²) in [5, 5.41) is 0. The zero-order valence-corrected chi connectivity index (χ0v) is 57.1. The lowest BCUT2D eigenvalue weighted by Gasteiger charge is -2.08. The van der Waals surface area contributed by atoms with E-state index in [2.05, 4.69) is 291 Å². The number of hydrogen-bond acceptors (Lipinski definition) is 6. The van der Waals surface area contributed by atoms with E-state index in [9.17, 15) is 0 Å². The molecule has 0 fully saturated rings. The van der Waals surface area contributed by atoms with Crippen LogP contribution in [0.4, 0.5) is 0 Å². The number of aryl methyl sites for hydroxylation is 19.